The van der Waals surface area contributed by atoms with E-state index in [0.29, 0.717) is 0 Å². The topological polar surface area (TPSA) is 89.6 Å². The van der Waals surface area contributed by atoms with Crippen molar-refractivity contribution in [3.8, 4) is 5.75 Å². The maximum Gasteiger partial charge on any atom is 0.338 e. The lowest BCUT2D eigenvalue weighted by atomic mass is 10.2. The molecule has 0 fully saturated rings. The molecule has 5 nitrogen and oxygen atoms in total. The fourth-order valence-corrected chi connectivity index (χ4v) is 1.06. The lowest BCUT2D eigenvalue weighted by Gasteiger charge is -2.10. The van der Waals surface area contributed by atoms with Crippen LogP contribution in [0, 0.1) is 11.7 Å². The van der Waals surface area contributed by atoms with E-state index >= 15 is 0 Å². The Hall–Kier alpha value is -2.11. The zero-order valence-electron chi connectivity index (χ0n) is 9.14. The van der Waals surface area contributed by atoms with Crippen LogP contribution in [0.2, 0.25) is 0 Å². The Labute approximate surface area is 97.0 Å². The minimum absolute atomic E-state index is 0.0151. The number of carbonyl (C=O) groups excluding carboxylic acids is 1. The molecule has 1 amide bonds. The van der Waals surface area contributed by atoms with Crippen LogP contribution in [-0.2, 0) is 4.79 Å². The summed E-state index contributed by atoms with van der Waals surface area (Å²) in [5.74, 6) is -3.10. The van der Waals surface area contributed by atoms with Gasteiger partial charge in [-0.1, -0.05) is 6.92 Å². The largest absolute Gasteiger partial charge is 0.493 e. The van der Waals surface area contributed by atoms with Crippen molar-refractivity contribution in [1.29, 1.82) is 0 Å². The van der Waals surface area contributed by atoms with Gasteiger partial charge in [-0.3, -0.25) is 4.79 Å². The zero-order valence-corrected chi connectivity index (χ0v) is 9.14. The molecule has 0 aliphatic heterocycles. The fraction of sp³-hybridized carbons (Fsp3) is 0.273. The average molecular weight is 241 g/mol. The molecule has 1 unspecified atom stereocenters. The predicted octanol–water partition coefficient (Wildman–Crippen LogP) is 1.02. The number of primary amides is 1. The summed E-state index contributed by atoms with van der Waals surface area (Å²) in [6, 6.07) is 3.37. The van der Waals surface area contributed by atoms with Gasteiger partial charge < -0.3 is 15.6 Å². The Balaban J connectivity index is 2.71. The number of aromatic carboxylic acids is 1. The van der Waals surface area contributed by atoms with Gasteiger partial charge in [0.25, 0.3) is 0 Å². The Morgan fingerprint density at radius 3 is 2.65 bits per heavy atom. The van der Waals surface area contributed by atoms with Crippen LogP contribution in [0.15, 0.2) is 18.2 Å². The molecule has 0 aromatic heterocycles. The Bertz CT molecular complexity index is 447. The number of halogens is 1. The molecule has 1 aromatic rings. The van der Waals surface area contributed by atoms with E-state index in [0.717, 1.165) is 12.1 Å². The minimum atomic E-state index is -1.35. The number of nitrogens with two attached hydrogens (primary N) is 1. The molecular formula is C11H12FNO4. The van der Waals surface area contributed by atoms with Crippen LogP contribution in [-0.4, -0.2) is 23.6 Å². The standard InChI is InChI=1S/C11H12FNO4/c1-6(10(13)14)5-17-7-2-3-8(11(15)16)9(12)4-7/h2-4,6H,5H2,1H3,(H2,13,14)(H,15,16). The van der Waals surface area contributed by atoms with Crippen molar-refractivity contribution in [3.63, 3.8) is 0 Å². The molecule has 0 spiro atoms. The first-order chi connectivity index (χ1) is 7.91. The first kappa shape index (κ1) is 13.0. The molecule has 0 bridgehead atoms. The van der Waals surface area contributed by atoms with Crippen LogP contribution in [0.4, 0.5) is 4.39 Å². The number of carboxylic acids is 1. The van der Waals surface area contributed by atoms with Gasteiger partial charge in [0.05, 0.1) is 18.1 Å². The molecule has 1 rings (SSSR count). The van der Waals surface area contributed by atoms with E-state index in [1.807, 2.05) is 0 Å². The summed E-state index contributed by atoms with van der Waals surface area (Å²) in [7, 11) is 0. The van der Waals surface area contributed by atoms with Crippen LogP contribution >= 0.6 is 0 Å². The van der Waals surface area contributed by atoms with Crippen molar-refractivity contribution in [2.45, 2.75) is 6.92 Å². The molecule has 6 heteroatoms. The number of benzene rings is 1. The number of carbonyl (C=O) groups is 2. The quantitative estimate of drug-likeness (QED) is 0.805. The van der Waals surface area contributed by atoms with E-state index in [1.165, 1.54) is 6.07 Å². The SMILES string of the molecule is CC(COc1ccc(C(=O)O)c(F)c1)C(N)=O. The Morgan fingerprint density at radius 1 is 1.53 bits per heavy atom. The van der Waals surface area contributed by atoms with E-state index in [-0.39, 0.29) is 12.4 Å². The van der Waals surface area contributed by atoms with Crippen molar-refractivity contribution in [2.75, 3.05) is 6.61 Å². The van der Waals surface area contributed by atoms with Gasteiger partial charge >= 0.3 is 5.97 Å². The molecule has 0 radical (unpaired) electrons. The van der Waals surface area contributed by atoms with Gasteiger partial charge in [0, 0.05) is 6.07 Å². The second-order valence-electron chi connectivity index (χ2n) is 3.56. The molecule has 0 heterocycles. The lowest BCUT2D eigenvalue weighted by Crippen LogP contribution is -2.25. The summed E-state index contributed by atoms with van der Waals surface area (Å²) in [6.07, 6.45) is 0. The van der Waals surface area contributed by atoms with Gasteiger partial charge in [0.1, 0.15) is 11.6 Å². The lowest BCUT2D eigenvalue weighted by molar-refractivity contribution is -0.122. The van der Waals surface area contributed by atoms with Crippen molar-refractivity contribution in [3.05, 3.63) is 29.6 Å². The highest BCUT2D eigenvalue weighted by atomic mass is 19.1. The van der Waals surface area contributed by atoms with E-state index in [1.54, 1.807) is 6.92 Å². The zero-order chi connectivity index (χ0) is 13.0. The van der Waals surface area contributed by atoms with Gasteiger partial charge in [0.15, 0.2) is 0 Å². The third-order valence-corrected chi connectivity index (χ3v) is 2.16. The van der Waals surface area contributed by atoms with Gasteiger partial charge in [-0.15, -0.1) is 0 Å². The summed E-state index contributed by atoms with van der Waals surface area (Å²) in [5, 5.41) is 8.61. The van der Waals surface area contributed by atoms with Crippen molar-refractivity contribution in [1.82, 2.24) is 0 Å². The van der Waals surface area contributed by atoms with Gasteiger partial charge in [0.2, 0.25) is 5.91 Å². The third kappa shape index (κ3) is 3.44. The van der Waals surface area contributed by atoms with Crippen molar-refractivity contribution in [2.24, 2.45) is 11.7 Å². The molecule has 0 saturated heterocycles. The second-order valence-corrected chi connectivity index (χ2v) is 3.56. The van der Waals surface area contributed by atoms with E-state index in [2.05, 4.69) is 0 Å². The number of hydrogen-bond acceptors (Lipinski definition) is 3. The molecular weight excluding hydrogens is 229 g/mol. The normalized spacial score (nSPS) is 11.9. The fourth-order valence-electron chi connectivity index (χ4n) is 1.06. The first-order valence-corrected chi connectivity index (χ1v) is 4.86. The summed E-state index contributed by atoms with van der Waals surface area (Å²) >= 11 is 0. The van der Waals surface area contributed by atoms with Crippen molar-refractivity contribution >= 4 is 11.9 Å². The molecule has 3 N–H and O–H groups in total. The predicted molar refractivity (Wildman–Crippen MR) is 57.2 cm³/mol. The van der Waals surface area contributed by atoms with Crippen LogP contribution < -0.4 is 10.5 Å². The van der Waals surface area contributed by atoms with Crippen molar-refractivity contribution < 1.29 is 23.8 Å². The molecule has 0 saturated carbocycles. The molecule has 0 aliphatic carbocycles. The van der Waals surface area contributed by atoms with Gasteiger partial charge in [-0.05, 0) is 12.1 Å². The summed E-state index contributed by atoms with van der Waals surface area (Å²) in [5.41, 5.74) is 4.59. The van der Waals surface area contributed by atoms with Crippen LogP contribution in [0.1, 0.15) is 17.3 Å². The molecule has 0 aliphatic rings. The van der Waals surface area contributed by atoms with Gasteiger partial charge in [-0.25, -0.2) is 9.18 Å². The second kappa shape index (κ2) is 5.29. The molecule has 1 atom stereocenters. The highest BCUT2D eigenvalue weighted by Gasteiger charge is 2.13. The first-order valence-electron chi connectivity index (χ1n) is 4.86. The number of amides is 1. The summed E-state index contributed by atoms with van der Waals surface area (Å²) in [6.45, 7) is 1.59. The summed E-state index contributed by atoms with van der Waals surface area (Å²) < 4.78 is 18.3. The maximum absolute atomic E-state index is 13.2. The van der Waals surface area contributed by atoms with Gasteiger partial charge in [-0.2, -0.15) is 0 Å². The van der Waals surface area contributed by atoms with E-state index in [9.17, 15) is 14.0 Å². The number of carboxylic acid groups (broad SMARTS) is 1. The number of hydrogen-bond donors (Lipinski definition) is 2. The summed E-state index contributed by atoms with van der Waals surface area (Å²) in [4.78, 5) is 21.3. The Morgan fingerprint density at radius 2 is 2.18 bits per heavy atom. The molecule has 92 valence electrons. The van der Waals surface area contributed by atoms with E-state index < -0.39 is 29.2 Å². The van der Waals surface area contributed by atoms with E-state index in [4.69, 9.17) is 15.6 Å². The molecule has 17 heavy (non-hydrogen) atoms. The van der Waals surface area contributed by atoms with Crippen LogP contribution in [0.3, 0.4) is 0 Å². The monoisotopic (exact) mass is 241 g/mol. The smallest absolute Gasteiger partial charge is 0.338 e. The number of rotatable bonds is 5. The van der Waals surface area contributed by atoms with Crippen LogP contribution in [0.5, 0.6) is 5.75 Å². The molecule has 1 aromatic carbocycles. The van der Waals surface area contributed by atoms with Crippen LogP contribution in [0.25, 0.3) is 0 Å². The minimum Gasteiger partial charge on any atom is -0.493 e. The average Bonchev–Trinajstić information content (AvgIpc) is 2.25. The number of ether oxygens (including phenoxy) is 1. The maximum atomic E-state index is 13.2. The third-order valence-electron chi connectivity index (χ3n) is 2.16. The highest BCUT2D eigenvalue weighted by molar-refractivity contribution is 5.88. The Kier molecular flexibility index (Phi) is 4.03. The highest BCUT2D eigenvalue weighted by Crippen LogP contribution is 2.17.